The second-order valence-electron chi connectivity index (χ2n) is 3.77. The van der Waals surface area contributed by atoms with Crippen LogP contribution >= 0.6 is 11.6 Å². The van der Waals surface area contributed by atoms with E-state index in [2.05, 4.69) is 14.7 Å². The van der Waals surface area contributed by atoms with Crippen molar-refractivity contribution in [3.63, 3.8) is 0 Å². The molecule has 0 unspecified atom stereocenters. The quantitative estimate of drug-likeness (QED) is 0.900. The van der Waals surface area contributed by atoms with Gasteiger partial charge in [0.15, 0.2) is 0 Å². The molecule has 2 aromatic rings. The van der Waals surface area contributed by atoms with E-state index in [0.717, 1.165) is 0 Å². The van der Waals surface area contributed by atoms with Gasteiger partial charge in [0.25, 0.3) is 0 Å². The lowest BCUT2D eigenvalue weighted by Gasteiger charge is -2.08. The number of aromatic amines is 1. The Labute approximate surface area is 110 Å². The minimum atomic E-state index is -3.55. The maximum atomic E-state index is 12.1. The SMILES string of the molecule is Cc1cc(Cl)ccc1S(=O)(=O)NCc1ncc[nH]1. The van der Waals surface area contributed by atoms with Crippen molar-refractivity contribution in [2.24, 2.45) is 0 Å². The summed E-state index contributed by atoms with van der Waals surface area (Å²) in [6, 6.07) is 4.65. The van der Waals surface area contributed by atoms with E-state index in [1.54, 1.807) is 31.5 Å². The highest BCUT2D eigenvalue weighted by Gasteiger charge is 2.16. The molecule has 0 aliphatic rings. The molecule has 0 amide bonds. The number of aromatic nitrogens is 2. The van der Waals surface area contributed by atoms with Crippen LogP contribution in [0.4, 0.5) is 0 Å². The van der Waals surface area contributed by atoms with E-state index in [-0.39, 0.29) is 11.4 Å². The molecule has 18 heavy (non-hydrogen) atoms. The molecular weight excluding hydrogens is 274 g/mol. The van der Waals surface area contributed by atoms with E-state index in [1.807, 2.05) is 0 Å². The van der Waals surface area contributed by atoms with E-state index >= 15 is 0 Å². The average Bonchev–Trinajstić information content (AvgIpc) is 2.78. The number of benzene rings is 1. The zero-order valence-corrected chi connectivity index (χ0v) is 11.2. The van der Waals surface area contributed by atoms with Gasteiger partial charge < -0.3 is 4.98 Å². The molecular formula is C11H12ClN3O2S. The highest BCUT2D eigenvalue weighted by atomic mass is 35.5. The molecule has 5 nitrogen and oxygen atoms in total. The summed E-state index contributed by atoms with van der Waals surface area (Å²) in [4.78, 5) is 6.99. The van der Waals surface area contributed by atoms with Crippen LogP contribution in [0.25, 0.3) is 0 Å². The first-order valence-corrected chi connectivity index (χ1v) is 7.09. The Morgan fingerprint density at radius 1 is 1.44 bits per heavy atom. The lowest BCUT2D eigenvalue weighted by atomic mass is 10.2. The predicted molar refractivity (Wildman–Crippen MR) is 68.8 cm³/mol. The zero-order chi connectivity index (χ0) is 13.2. The first-order chi connectivity index (χ1) is 8.49. The normalized spacial score (nSPS) is 11.7. The van der Waals surface area contributed by atoms with Gasteiger partial charge >= 0.3 is 0 Å². The van der Waals surface area contributed by atoms with Crippen LogP contribution in [0.1, 0.15) is 11.4 Å². The van der Waals surface area contributed by atoms with Crippen molar-refractivity contribution in [1.82, 2.24) is 14.7 Å². The highest BCUT2D eigenvalue weighted by molar-refractivity contribution is 7.89. The molecule has 0 saturated carbocycles. The molecule has 0 radical (unpaired) electrons. The van der Waals surface area contributed by atoms with Crippen molar-refractivity contribution in [3.8, 4) is 0 Å². The highest BCUT2D eigenvalue weighted by Crippen LogP contribution is 2.19. The van der Waals surface area contributed by atoms with E-state index < -0.39 is 10.0 Å². The molecule has 96 valence electrons. The zero-order valence-electron chi connectivity index (χ0n) is 9.64. The molecule has 0 bridgehead atoms. The summed E-state index contributed by atoms with van der Waals surface area (Å²) in [5.41, 5.74) is 0.606. The third kappa shape index (κ3) is 2.90. The summed E-state index contributed by atoms with van der Waals surface area (Å²) in [6.07, 6.45) is 3.20. The predicted octanol–water partition coefficient (Wildman–Crippen LogP) is 1.85. The van der Waals surface area contributed by atoms with Crippen molar-refractivity contribution in [3.05, 3.63) is 47.0 Å². The molecule has 1 aromatic carbocycles. The van der Waals surface area contributed by atoms with Crippen LogP contribution in [0.5, 0.6) is 0 Å². The van der Waals surface area contributed by atoms with E-state index in [4.69, 9.17) is 11.6 Å². The number of aryl methyl sites for hydroxylation is 1. The van der Waals surface area contributed by atoms with Gasteiger partial charge in [-0.1, -0.05) is 11.6 Å². The summed E-state index contributed by atoms with van der Waals surface area (Å²) in [5, 5.41) is 0.512. The fraction of sp³-hybridized carbons (Fsp3) is 0.182. The van der Waals surface area contributed by atoms with Gasteiger partial charge in [-0.05, 0) is 30.7 Å². The topological polar surface area (TPSA) is 74.8 Å². The van der Waals surface area contributed by atoms with Gasteiger partial charge in [0, 0.05) is 17.4 Å². The number of nitrogens with zero attached hydrogens (tertiary/aromatic N) is 1. The molecule has 7 heteroatoms. The number of rotatable bonds is 4. The molecule has 0 aliphatic carbocycles. The lowest BCUT2D eigenvalue weighted by molar-refractivity contribution is 0.579. The van der Waals surface area contributed by atoms with Crippen LogP contribution in [-0.4, -0.2) is 18.4 Å². The number of hydrogen-bond donors (Lipinski definition) is 2. The van der Waals surface area contributed by atoms with Gasteiger partial charge in [-0.25, -0.2) is 18.1 Å². The maximum absolute atomic E-state index is 12.1. The van der Waals surface area contributed by atoms with Crippen molar-refractivity contribution in [2.75, 3.05) is 0 Å². The van der Waals surface area contributed by atoms with Crippen LogP contribution < -0.4 is 4.72 Å². The molecule has 2 N–H and O–H groups in total. The minimum absolute atomic E-state index is 0.122. The van der Waals surface area contributed by atoms with Gasteiger partial charge in [-0.2, -0.15) is 0 Å². The Bertz CT molecular complexity index is 638. The first kappa shape index (κ1) is 13.1. The largest absolute Gasteiger partial charge is 0.347 e. The summed E-state index contributed by atoms with van der Waals surface area (Å²) in [6.45, 7) is 1.82. The summed E-state index contributed by atoms with van der Waals surface area (Å²) in [7, 11) is -3.55. The molecule has 1 heterocycles. The van der Waals surface area contributed by atoms with Gasteiger partial charge in [0.1, 0.15) is 5.82 Å². The van der Waals surface area contributed by atoms with Gasteiger partial charge in [-0.15, -0.1) is 0 Å². The van der Waals surface area contributed by atoms with Crippen molar-refractivity contribution >= 4 is 21.6 Å². The summed E-state index contributed by atoms with van der Waals surface area (Å²) in [5.74, 6) is 0.560. The number of hydrogen-bond acceptors (Lipinski definition) is 3. The van der Waals surface area contributed by atoms with Crippen LogP contribution in [-0.2, 0) is 16.6 Å². The molecule has 0 fully saturated rings. The molecule has 0 saturated heterocycles. The molecule has 2 rings (SSSR count). The van der Waals surface area contributed by atoms with E-state index in [0.29, 0.717) is 16.4 Å². The Morgan fingerprint density at radius 2 is 2.22 bits per heavy atom. The van der Waals surface area contributed by atoms with Crippen molar-refractivity contribution < 1.29 is 8.42 Å². The van der Waals surface area contributed by atoms with Gasteiger partial charge in [-0.3, -0.25) is 0 Å². The number of H-pyrrole nitrogens is 1. The Kier molecular flexibility index (Phi) is 3.70. The number of imidazole rings is 1. The summed E-state index contributed by atoms with van der Waals surface area (Å²) < 4.78 is 26.6. The fourth-order valence-electron chi connectivity index (χ4n) is 1.55. The molecule has 0 spiro atoms. The smallest absolute Gasteiger partial charge is 0.241 e. The van der Waals surface area contributed by atoms with Gasteiger partial charge in [0.2, 0.25) is 10.0 Å². The fourth-order valence-corrected chi connectivity index (χ4v) is 2.99. The van der Waals surface area contributed by atoms with Gasteiger partial charge in [0.05, 0.1) is 11.4 Å². The lowest BCUT2D eigenvalue weighted by Crippen LogP contribution is -2.24. The number of halogens is 1. The third-order valence-electron chi connectivity index (χ3n) is 2.41. The van der Waals surface area contributed by atoms with Crippen molar-refractivity contribution in [1.29, 1.82) is 0 Å². The number of sulfonamides is 1. The standard InChI is InChI=1S/C11H12ClN3O2S/c1-8-6-9(12)2-3-10(8)18(16,17)15-7-11-13-4-5-14-11/h2-6,15H,7H2,1H3,(H,13,14). The van der Waals surface area contributed by atoms with Crippen molar-refractivity contribution in [2.45, 2.75) is 18.4 Å². The van der Waals surface area contributed by atoms with Crippen LogP contribution in [0.3, 0.4) is 0 Å². The Morgan fingerprint density at radius 3 is 2.83 bits per heavy atom. The average molecular weight is 286 g/mol. The monoisotopic (exact) mass is 285 g/mol. The maximum Gasteiger partial charge on any atom is 0.241 e. The third-order valence-corrected chi connectivity index (χ3v) is 4.21. The second kappa shape index (κ2) is 5.09. The minimum Gasteiger partial charge on any atom is -0.347 e. The molecule has 0 aliphatic heterocycles. The Hall–Kier alpha value is -1.37. The molecule has 0 atom stereocenters. The molecule has 1 aromatic heterocycles. The second-order valence-corrected chi connectivity index (χ2v) is 5.94. The Balaban J connectivity index is 2.20. The first-order valence-electron chi connectivity index (χ1n) is 5.23. The number of nitrogens with one attached hydrogen (secondary N) is 2. The summed E-state index contributed by atoms with van der Waals surface area (Å²) >= 11 is 5.80. The van der Waals surface area contributed by atoms with E-state index in [9.17, 15) is 8.42 Å². The van der Waals surface area contributed by atoms with Crippen LogP contribution in [0.2, 0.25) is 5.02 Å². The van der Waals surface area contributed by atoms with Crippen LogP contribution in [0, 0.1) is 6.92 Å². The van der Waals surface area contributed by atoms with Crippen LogP contribution in [0.15, 0.2) is 35.5 Å². The van der Waals surface area contributed by atoms with E-state index in [1.165, 1.54) is 6.07 Å².